The molecule has 0 saturated carbocycles. The Labute approximate surface area is 184 Å². The average Bonchev–Trinajstić information content (AvgIpc) is 3.15. The second-order valence-corrected chi connectivity index (χ2v) is 8.55. The van der Waals surface area contributed by atoms with Crippen molar-refractivity contribution in [1.82, 2.24) is 19.2 Å². The summed E-state index contributed by atoms with van der Waals surface area (Å²) in [5, 5.41) is 0. The van der Waals surface area contributed by atoms with E-state index in [2.05, 4.69) is 39.7 Å². The Morgan fingerprint density at radius 2 is 1.93 bits per heavy atom. The first-order valence-electron chi connectivity index (χ1n) is 8.85. The number of para-hydroxylation sites is 2. The molecule has 0 spiro atoms. The number of thiazole rings is 1. The average molecular weight is 575 g/mol. The van der Waals surface area contributed by atoms with Crippen LogP contribution < -0.4 is 0 Å². The van der Waals surface area contributed by atoms with Gasteiger partial charge in [-0.15, -0.1) is 11.0 Å². The van der Waals surface area contributed by atoms with Crippen molar-refractivity contribution >= 4 is 43.5 Å². The predicted octanol–water partition coefficient (Wildman–Crippen LogP) is 4.04. The number of imidazole rings is 1. The standard InChI is InChI=1S/C13H7N2S.C8H15N2O.Au/c1-2-6-10-9(5-1)14-13-15(10)11-7-3-4-8-12(11)16-13;1-8(2)5-9(3)6-10(4)7(8)11;/h1-3,5-8H;6H,5H2,1-4H3;/q-1;+1;. The van der Waals surface area contributed by atoms with Gasteiger partial charge in [0, 0.05) is 29.4 Å². The Morgan fingerprint density at radius 1 is 1.18 bits per heavy atom. The summed E-state index contributed by atoms with van der Waals surface area (Å²) in [6, 6.07) is 17.4. The summed E-state index contributed by atoms with van der Waals surface area (Å²) in [6.45, 7) is 6.56. The third-order valence-corrected chi connectivity index (χ3v) is 5.69. The van der Waals surface area contributed by atoms with Crippen LogP contribution in [0.3, 0.4) is 0 Å². The Bertz CT molecular complexity index is 1070. The van der Waals surface area contributed by atoms with Crippen molar-refractivity contribution in [3.05, 3.63) is 55.2 Å². The van der Waals surface area contributed by atoms with E-state index in [-0.39, 0.29) is 33.7 Å². The molecule has 5 rings (SSSR count). The minimum Gasteiger partial charge on any atom is -0.308 e. The Morgan fingerprint density at radius 3 is 2.68 bits per heavy atom. The summed E-state index contributed by atoms with van der Waals surface area (Å²) < 4.78 is 3.44. The Balaban J connectivity index is 0.000000167. The zero-order valence-electron chi connectivity index (χ0n) is 16.2. The van der Waals surface area contributed by atoms with Gasteiger partial charge in [0.1, 0.15) is 0 Å². The number of fused-ring (bicyclic) bond motifs is 5. The maximum absolute atomic E-state index is 11.5. The number of aromatic nitrogens is 2. The maximum atomic E-state index is 11.5. The molecule has 4 aromatic rings. The van der Waals surface area contributed by atoms with Crippen LogP contribution in [0.5, 0.6) is 0 Å². The summed E-state index contributed by atoms with van der Waals surface area (Å²) in [7, 11) is 3.77. The molecular weight excluding hydrogens is 553 g/mol. The minimum absolute atomic E-state index is 0. The largest absolute Gasteiger partial charge is 0.308 e. The number of carbonyl (C=O) groups is 1. The first-order valence-corrected chi connectivity index (χ1v) is 9.67. The SMILES string of the molecule is CN1[CH+]N(C)C(=O)C(C)(C)C1.[Au].[c-]1ccc2c(c1)sc1nc3ccccc3n12. The molecule has 1 amide bonds. The quantitative estimate of drug-likeness (QED) is 0.235. The van der Waals surface area contributed by atoms with E-state index in [1.54, 1.807) is 23.3 Å². The van der Waals surface area contributed by atoms with Gasteiger partial charge in [-0.05, 0) is 31.5 Å². The smallest absolute Gasteiger partial charge is 0.271 e. The van der Waals surface area contributed by atoms with Gasteiger partial charge >= 0.3 is 0 Å². The van der Waals surface area contributed by atoms with Crippen molar-refractivity contribution in [2.75, 3.05) is 20.6 Å². The van der Waals surface area contributed by atoms with Crippen LogP contribution >= 0.6 is 11.3 Å². The number of hydrogen-bond donors (Lipinski definition) is 0. The molecule has 1 radical (unpaired) electrons. The van der Waals surface area contributed by atoms with Gasteiger partial charge < -0.3 is 4.40 Å². The van der Waals surface area contributed by atoms with Crippen LogP contribution in [0.1, 0.15) is 13.8 Å². The molecule has 1 aliphatic rings. The van der Waals surface area contributed by atoms with Gasteiger partial charge in [0.2, 0.25) is 0 Å². The molecule has 7 heteroatoms. The molecule has 0 N–H and O–H groups in total. The fraction of sp³-hybridized carbons (Fsp3) is 0.286. The van der Waals surface area contributed by atoms with Crippen LogP contribution in [0.4, 0.5) is 0 Å². The number of amides is 1. The van der Waals surface area contributed by atoms with Crippen LogP contribution in [-0.4, -0.2) is 45.7 Å². The molecule has 1 aliphatic heterocycles. The van der Waals surface area contributed by atoms with Gasteiger partial charge in [-0.25, -0.2) is 4.98 Å². The first kappa shape index (κ1) is 20.9. The van der Waals surface area contributed by atoms with Crippen molar-refractivity contribution in [2.24, 2.45) is 5.41 Å². The van der Waals surface area contributed by atoms with Crippen LogP contribution in [0.2, 0.25) is 0 Å². The molecule has 0 atom stereocenters. The molecule has 0 bridgehead atoms. The summed E-state index contributed by atoms with van der Waals surface area (Å²) in [4.78, 5) is 20.8. The maximum Gasteiger partial charge on any atom is 0.271 e. The zero-order chi connectivity index (χ0) is 19.2. The monoisotopic (exact) mass is 575 g/mol. The van der Waals surface area contributed by atoms with E-state index in [0.29, 0.717) is 0 Å². The van der Waals surface area contributed by atoms with Crippen molar-refractivity contribution in [2.45, 2.75) is 13.8 Å². The third-order valence-electron chi connectivity index (χ3n) is 4.69. The van der Waals surface area contributed by atoms with Gasteiger partial charge in [0.25, 0.3) is 12.6 Å². The third kappa shape index (κ3) is 3.71. The first-order chi connectivity index (χ1) is 12.9. The number of carbonyl (C=O) groups excluding carboxylic acids is 1. The molecule has 0 unspecified atom stereocenters. The van der Waals surface area contributed by atoms with Gasteiger partial charge in [0.05, 0.1) is 30.0 Å². The van der Waals surface area contributed by atoms with Crippen molar-refractivity contribution in [1.29, 1.82) is 0 Å². The number of hydrogen-bond acceptors (Lipinski definition) is 4. The molecule has 0 aliphatic carbocycles. The fourth-order valence-electron chi connectivity index (χ4n) is 3.63. The van der Waals surface area contributed by atoms with E-state index >= 15 is 0 Å². The van der Waals surface area contributed by atoms with Crippen molar-refractivity contribution in [3.8, 4) is 0 Å². The summed E-state index contributed by atoms with van der Waals surface area (Å²) in [5.41, 5.74) is 3.21. The molecule has 1 saturated heterocycles. The molecule has 3 heterocycles. The molecule has 149 valence electrons. The van der Waals surface area contributed by atoms with E-state index in [9.17, 15) is 4.79 Å². The second-order valence-electron chi connectivity index (χ2n) is 7.54. The molecule has 5 nitrogen and oxygen atoms in total. The van der Waals surface area contributed by atoms with E-state index in [1.165, 1.54) is 15.7 Å². The van der Waals surface area contributed by atoms with E-state index in [0.717, 1.165) is 17.0 Å². The van der Waals surface area contributed by atoms with Crippen LogP contribution in [0.15, 0.2) is 42.5 Å². The predicted molar refractivity (Wildman–Crippen MR) is 110 cm³/mol. The van der Waals surface area contributed by atoms with E-state index < -0.39 is 0 Å². The molecule has 2 aromatic heterocycles. The van der Waals surface area contributed by atoms with Crippen molar-refractivity contribution in [3.63, 3.8) is 0 Å². The topological polar surface area (TPSA) is 40.8 Å². The minimum atomic E-state index is -0.238. The van der Waals surface area contributed by atoms with Crippen molar-refractivity contribution < 1.29 is 27.2 Å². The fourth-order valence-corrected chi connectivity index (χ4v) is 4.65. The van der Waals surface area contributed by atoms with Crippen LogP contribution in [0.25, 0.3) is 26.2 Å². The summed E-state index contributed by atoms with van der Waals surface area (Å²) >= 11 is 1.71. The van der Waals surface area contributed by atoms with E-state index in [4.69, 9.17) is 0 Å². The van der Waals surface area contributed by atoms with Gasteiger partial charge in [0.15, 0.2) is 4.96 Å². The number of rotatable bonds is 0. The van der Waals surface area contributed by atoms with Gasteiger partial charge in [-0.1, -0.05) is 16.8 Å². The molecule has 28 heavy (non-hydrogen) atoms. The van der Waals surface area contributed by atoms with Crippen LogP contribution in [0, 0.1) is 18.2 Å². The molecule has 1 fully saturated rings. The molecular formula is C21H22AuN4OS. The summed E-state index contributed by atoms with van der Waals surface area (Å²) in [6.07, 6.45) is 0. The van der Waals surface area contributed by atoms with E-state index in [1.807, 2.05) is 50.7 Å². The van der Waals surface area contributed by atoms with Crippen LogP contribution in [-0.2, 0) is 27.2 Å². The Hall–Kier alpha value is -1.83. The number of nitrogens with zero attached hydrogens (tertiary/aromatic N) is 4. The number of benzene rings is 2. The zero-order valence-corrected chi connectivity index (χ0v) is 19.2. The Kier molecular flexibility index (Phi) is 5.89. The summed E-state index contributed by atoms with van der Waals surface area (Å²) in [5.74, 6) is 0.190. The normalized spacial score (nSPS) is 16.6. The van der Waals surface area contributed by atoms with Gasteiger partial charge in [-0.3, -0.25) is 4.79 Å². The van der Waals surface area contributed by atoms with Gasteiger partial charge in [-0.2, -0.15) is 34.4 Å². The second kappa shape index (κ2) is 7.89. The molecule has 2 aromatic carbocycles.